The first-order valence-corrected chi connectivity index (χ1v) is 18.2. The second-order valence-corrected chi connectivity index (χ2v) is 13.0. The molecule has 11 heteroatoms. The van der Waals surface area contributed by atoms with Crippen LogP contribution in [0.5, 0.6) is 0 Å². The van der Waals surface area contributed by atoms with Gasteiger partial charge in [-0.2, -0.15) is 49.2 Å². The van der Waals surface area contributed by atoms with Gasteiger partial charge in [0.25, 0.3) is 0 Å². The molecule has 0 aliphatic heterocycles. The number of rotatable bonds is 14. The molecular weight excluding hydrogens is 600 g/mol. The predicted octanol–water partition coefficient (Wildman–Crippen LogP) is 7.78. The minimum Gasteiger partial charge on any atom is -0.343 e. The number of unbranched alkanes of at least 4 members (excludes halogenated alkanes) is 14. The molecule has 0 radical (unpaired) electrons. The molecule has 37 heavy (non-hydrogen) atoms. The molecule has 0 spiro atoms. The van der Waals surface area contributed by atoms with Crippen LogP contribution in [0.2, 0.25) is 0 Å². The molecule has 0 bridgehead atoms. The zero-order valence-corrected chi connectivity index (χ0v) is 29.6. The molecule has 0 fully saturated rings. The Kier molecular flexibility index (Phi) is 50.3. The van der Waals surface area contributed by atoms with E-state index in [2.05, 4.69) is 57.4 Å². The van der Waals surface area contributed by atoms with Crippen LogP contribution in [0.3, 0.4) is 0 Å². The Morgan fingerprint density at radius 3 is 0.946 bits per heavy atom. The molecule has 0 aromatic heterocycles. The van der Waals surface area contributed by atoms with E-state index < -0.39 is 13.4 Å². The van der Waals surface area contributed by atoms with E-state index in [1.807, 2.05) is 30.3 Å². The number of benzene rings is 1. The van der Waals surface area contributed by atoms with Crippen LogP contribution in [-0.4, -0.2) is 29.4 Å². The molecule has 1 aromatic rings. The van der Waals surface area contributed by atoms with E-state index in [9.17, 15) is 0 Å². The maximum atomic E-state index is 7.56. The van der Waals surface area contributed by atoms with Gasteiger partial charge in [0.2, 0.25) is 0 Å². The maximum absolute atomic E-state index is 7.56. The fourth-order valence-electron chi connectivity index (χ4n) is 2.61. The minimum absolute atomic E-state index is 0. The van der Waals surface area contributed by atoms with Crippen LogP contribution in [-0.2, 0) is 43.1 Å². The fraction of sp³-hybridized carbons (Fsp3) is 0.692. The third-order valence-corrected chi connectivity index (χ3v) is 4.31. The largest absolute Gasteiger partial charge is 0.343 e. The molecule has 0 unspecified atom stereocenters. The molecule has 1 aromatic carbocycles. The fourth-order valence-corrected chi connectivity index (χ4v) is 2.61. The van der Waals surface area contributed by atoms with Crippen LogP contribution < -0.4 is 0 Å². The second-order valence-electron chi connectivity index (χ2n) is 8.05. The van der Waals surface area contributed by atoms with Crippen molar-refractivity contribution in [2.45, 2.75) is 117 Å². The van der Waals surface area contributed by atoms with Gasteiger partial charge < -0.3 is 43.2 Å². The third-order valence-electron chi connectivity index (χ3n) is 4.31. The molecule has 0 atom stereocenters. The quantitative estimate of drug-likeness (QED) is 0.0522. The van der Waals surface area contributed by atoms with Crippen molar-refractivity contribution in [2.24, 2.45) is 0 Å². The zero-order valence-electron chi connectivity index (χ0n) is 23.2. The average Bonchev–Trinajstić information content (AvgIpc) is 2.78. The minimum atomic E-state index is -3.81. The van der Waals surface area contributed by atoms with E-state index in [1.54, 1.807) is 0 Å². The molecule has 6 nitrogen and oxygen atoms in total. The van der Waals surface area contributed by atoms with Crippen LogP contribution in [0.1, 0.15) is 117 Å². The summed E-state index contributed by atoms with van der Waals surface area (Å²) in [6.07, 6.45) is 21.8. The summed E-state index contributed by atoms with van der Waals surface area (Å²) in [6, 6.07) is 12.5. The summed E-state index contributed by atoms with van der Waals surface area (Å²) in [5, 5.41) is 0. The van der Waals surface area contributed by atoms with Gasteiger partial charge in [0.1, 0.15) is 0 Å². The first-order chi connectivity index (χ1) is 16.8. The Morgan fingerprint density at radius 2 is 0.784 bits per heavy atom. The summed E-state index contributed by atoms with van der Waals surface area (Å²) in [7, 11) is 0. The van der Waals surface area contributed by atoms with Crippen molar-refractivity contribution in [3.8, 4) is 0 Å². The monoisotopic (exact) mass is 651 g/mol. The predicted molar refractivity (Wildman–Crippen MR) is 163 cm³/mol. The van der Waals surface area contributed by atoms with Gasteiger partial charge >= 0.3 is 13.4 Å². The van der Waals surface area contributed by atoms with Crippen molar-refractivity contribution in [1.82, 2.24) is 0 Å². The molecule has 0 aliphatic carbocycles. The van der Waals surface area contributed by atoms with Crippen molar-refractivity contribution in [1.29, 1.82) is 0 Å². The summed E-state index contributed by atoms with van der Waals surface area (Å²) < 4.78 is 0. The second kappa shape index (κ2) is 39.0. The van der Waals surface area contributed by atoms with Gasteiger partial charge in [-0.05, 0) is 23.6 Å². The average molecular weight is 653 g/mol. The Bertz CT molecular complexity index is 494. The normalized spacial score (nSPS) is 10.0. The molecule has 6 N–H and O–H groups in total. The molecule has 220 valence electrons. The van der Waals surface area contributed by atoms with Gasteiger partial charge in [0.05, 0.1) is 0 Å². The number of hydrogen-bond donors (Lipinski definition) is 6. The van der Waals surface area contributed by atoms with E-state index >= 15 is 0 Å². The Balaban J connectivity index is -0.000000118. The van der Waals surface area contributed by atoms with E-state index in [4.69, 9.17) is 29.4 Å². The first kappa shape index (κ1) is 47.7. The first-order valence-electron chi connectivity index (χ1n) is 12.9. The van der Waals surface area contributed by atoms with Crippen LogP contribution in [0, 0.1) is 19.9 Å². The summed E-state index contributed by atoms with van der Waals surface area (Å²) in [4.78, 5) is 45.3. The van der Waals surface area contributed by atoms with Crippen molar-refractivity contribution < 1.29 is 48.8 Å². The van der Waals surface area contributed by atoms with E-state index in [-0.39, 0.29) is 19.5 Å². The van der Waals surface area contributed by atoms with E-state index in [0.717, 1.165) is 12.8 Å². The van der Waals surface area contributed by atoms with Crippen LogP contribution in [0.15, 0.2) is 30.3 Å². The van der Waals surface area contributed by atoms with Crippen molar-refractivity contribution in [2.75, 3.05) is 0 Å². The van der Waals surface area contributed by atoms with E-state index in [1.165, 1.54) is 89.9 Å². The van der Waals surface area contributed by atoms with Gasteiger partial charge in [-0.1, -0.05) is 104 Å². The van der Waals surface area contributed by atoms with Crippen molar-refractivity contribution in [3.63, 3.8) is 0 Å². The number of hydrogen-bond acceptors (Lipinski definition) is 2. The van der Waals surface area contributed by atoms with Crippen LogP contribution >= 0.6 is 13.4 Å². The van der Waals surface area contributed by atoms with E-state index in [0.29, 0.717) is 0 Å². The Morgan fingerprint density at radius 1 is 0.541 bits per heavy atom. The van der Waals surface area contributed by atoms with Gasteiger partial charge in [-0.25, -0.2) is 0 Å². The smallest absolute Gasteiger partial charge is 0.319 e. The van der Waals surface area contributed by atoms with Gasteiger partial charge in [0, 0.05) is 19.5 Å². The topological polar surface area (TPSA) is 121 Å². The Labute approximate surface area is 251 Å². The molecule has 0 saturated carbocycles. The Hall–Kier alpha value is 0.903. The summed E-state index contributed by atoms with van der Waals surface area (Å²) >= 11 is 7.21. The van der Waals surface area contributed by atoms with Crippen molar-refractivity contribution in [3.05, 3.63) is 50.2 Å². The van der Waals surface area contributed by atoms with Gasteiger partial charge in [-0.15, -0.1) is 0 Å². The molecular formula is C26H53O6P2S2Zn-3. The van der Waals surface area contributed by atoms with Crippen LogP contribution in [0.4, 0.5) is 0 Å². The summed E-state index contributed by atoms with van der Waals surface area (Å²) in [5.41, 5.74) is 0. The molecule has 1 rings (SSSR count). The maximum Gasteiger partial charge on any atom is 0.319 e. The summed E-state index contributed by atoms with van der Waals surface area (Å²) in [6.45, 7) is 4.55. The molecule has 0 saturated heterocycles. The van der Waals surface area contributed by atoms with Gasteiger partial charge in [0.15, 0.2) is 0 Å². The molecule has 0 heterocycles. The van der Waals surface area contributed by atoms with Crippen molar-refractivity contribution >= 4 is 37.1 Å². The SMILES string of the molecule is OP(O)(O)=S.OP(O)(O)=S.[CH2-]CCCCCCCCC.[CH2-]CCCCCCCCC.[Zn].[c-]1ccccc1. The third kappa shape index (κ3) is 103. The summed E-state index contributed by atoms with van der Waals surface area (Å²) in [5.74, 6) is 0. The zero-order chi connectivity index (χ0) is 28.6. The van der Waals surface area contributed by atoms with Crippen LogP contribution in [0.25, 0.3) is 0 Å². The standard InChI is InChI=1S/2C10H21.C6H5.2H3O3PS.Zn/c2*1-3-5-7-9-10-8-6-4-2;1-2-4-6-5-3-1;2*1-4(2,3)5;/h2*1,3-10H2,2H3;1-5H;2*(H3,1,2,3,5);/q3*-1;;;. The van der Waals surface area contributed by atoms with Gasteiger partial charge in [-0.3, -0.25) is 0 Å². The molecule has 0 amide bonds. The molecule has 0 aliphatic rings.